The van der Waals surface area contributed by atoms with Crippen molar-refractivity contribution in [2.45, 2.75) is 31.5 Å². The van der Waals surface area contributed by atoms with Gasteiger partial charge in [-0.25, -0.2) is 0 Å². The molecule has 30 heavy (non-hydrogen) atoms. The highest BCUT2D eigenvalue weighted by molar-refractivity contribution is 6.10. The molecule has 0 saturated carbocycles. The molecule has 0 spiro atoms. The van der Waals surface area contributed by atoms with Gasteiger partial charge in [0.1, 0.15) is 12.1 Å². The van der Waals surface area contributed by atoms with E-state index in [1.807, 2.05) is 24.3 Å². The van der Waals surface area contributed by atoms with Gasteiger partial charge >= 0.3 is 0 Å². The molecule has 0 aromatic heterocycles. The summed E-state index contributed by atoms with van der Waals surface area (Å²) in [6, 6.07) is 12.6. The predicted octanol–water partition coefficient (Wildman–Crippen LogP) is 0.827. The molecule has 8 nitrogen and oxygen atoms in total. The van der Waals surface area contributed by atoms with Crippen molar-refractivity contribution in [3.8, 4) is 0 Å². The van der Waals surface area contributed by atoms with Crippen LogP contribution in [0.3, 0.4) is 0 Å². The van der Waals surface area contributed by atoms with Gasteiger partial charge in [0, 0.05) is 20.0 Å². The number of hydrogen-bond donors (Lipinski definition) is 3. The maximum Gasteiger partial charge on any atom is 0.254 e. The van der Waals surface area contributed by atoms with E-state index in [0.29, 0.717) is 17.7 Å². The zero-order valence-electron chi connectivity index (χ0n) is 16.5. The molecule has 0 unspecified atom stereocenters. The van der Waals surface area contributed by atoms with Crippen LogP contribution in [0.4, 0.5) is 5.69 Å². The molecule has 154 valence electrons. The predicted molar refractivity (Wildman–Crippen MR) is 109 cm³/mol. The fourth-order valence-corrected chi connectivity index (χ4v) is 3.93. The minimum Gasteiger partial charge on any atom is -0.357 e. The molecule has 3 N–H and O–H groups in total. The van der Waals surface area contributed by atoms with Gasteiger partial charge in [0.25, 0.3) is 5.91 Å². The molecule has 2 aliphatic heterocycles. The van der Waals surface area contributed by atoms with Crippen molar-refractivity contribution < 1.29 is 19.2 Å². The van der Waals surface area contributed by atoms with Gasteiger partial charge in [-0.1, -0.05) is 36.4 Å². The average molecular weight is 406 g/mol. The van der Waals surface area contributed by atoms with E-state index in [9.17, 15) is 19.2 Å². The second-order valence-electron chi connectivity index (χ2n) is 7.39. The summed E-state index contributed by atoms with van der Waals surface area (Å²) >= 11 is 0. The van der Waals surface area contributed by atoms with Crippen LogP contribution >= 0.6 is 0 Å². The van der Waals surface area contributed by atoms with Crippen LogP contribution in [0.15, 0.2) is 48.5 Å². The van der Waals surface area contributed by atoms with Crippen LogP contribution in [0.25, 0.3) is 0 Å². The van der Waals surface area contributed by atoms with E-state index in [0.717, 1.165) is 11.1 Å². The normalized spacial score (nSPS) is 20.2. The first-order valence-corrected chi connectivity index (χ1v) is 9.76. The topological polar surface area (TPSA) is 108 Å². The molecular formula is C22H22N4O4. The van der Waals surface area contributed by atoms with Crippen molar-refractivity contribution in [2.75, 3.05) is 12.4 Å². The summed E-state index contributed by atoms with van der Waals surface area (Å²) < 4.78 is 0. The fraction of sp³-hybridized carbons (Fsp3) is 0.273. The van der Waals surface area contributed by atoms with Gasteiger partial charge in [0.15, 0.2) is 0 Å². The monoisotopic (exact) mass is 406 g/mol. The van der Waals surface area contributed by atoms with Crippen LogP contribution in [0.2, 0.25) is 0 Å². The lowest BCUT2D eigenvalue weighted by atomic mass is 9.93. The van der Waals surface area contributed by atoms with Crippen molar-refractivity contribution in [1.29, 1.82) is 0 Å². The SMILES string of the molecule is CNC(=O)[C@H]1Cc2ccccc2CN1C(=O)C[C@H]1NC(=O)c2ccccc2NC1=O. The second-order valence-corrected chi connectivity index (χ2v) is 7.39. The zero-order valence-corrected chi connectivity index (χ0v) is 16.5. The Morgan fingerprint density at radius 3 is 2.53 bits per heavy atom. The summed E-state index contributed by atoms with van der Waals surface area (Å²) in [5.41, 5.74) is 2.74. The number of anilines is 1. The number of nitrogens with zero attached hydrogens (tertiary/aromatic N) is 1. The van der Waals surface area contributed by atoms with Gasteiger partial charge in [0.05, 0.1) is 17.7 Å². The molecule has 2 aromatic carbocycles. The third kappa shape index (κ3) is 3.63. The Hall–Kier alpha value is -3.68. The minimum absolute atomic E-state index is 0.235. The van der Waals surface area contributed by atoms with Gasteiger partial charge in [0.2, 0.25) is 17.7 Å². The molecule has 4 rings (SSSR count). The number of carbonyl (C=O) groups excluding carboxylic acids is 4. The minimum atomic E-state index is -1.03. The van der Waals surface area contributed by atoms with Crippen molar-refractivity contribution in [3.63, 3.8) is 0 Å². The van der Waals surface area contributed by atoms with Gasteiger partial charge in [-0.3, -0.25) is 19.2 Å². The first-order chi connectivity index (χ1) is 14.5. The number of amides is 4. The number of benzene rings is 2. The van der Waals surface area contributed by atoms with Crippen LogP contribution in [-0.4, -0.2) is 47.7 Å². The highest BCUT2D eigenvalue weighted by atomic mass is 16.2. The Bertz CT molecular complexity index is 1040. The molecule has 8 heteroatoms. The largest absolute Gasteiger partial charge is 0.357 e. The summed E-state index contributed by atoms with van der Waals surface area (Å²) in [5.74, 6) is -1.52. The number of likely N-dealkylation sites (N-methyl/N-ethyl adjacent to an activating group) is 1. The van der Waals surface area contributed by atoms with E-state index in [2.05, 4.69) is 16.0 Å². The second kappa shape index (κ2) is 7.98. The van der Waals surface area contributed by atoms with E-state index >= 15 is 0 Å². The average Bonchev–Trinajstić information content (AvgIpc) is 2.88. The number of nitrogens with one attached hydrogen (secondary N) is 3. The number of para-hydroxylation sites is 1. The lowest BCUT2D eigenvalue weighted by molar-refractivity contribution is -0.142. The third-order valence-corrected chi connectivity index (χ3v) is 5.55. The molecule has 4 amide bonds. The summed E-state index contributed by atoms with van der Waals surface area (Å²) in [4.78, 5) is 52.2. The molecule has 2 aliphatic rings. The lowest BCUT2D eigenvalue weighted by Crippen LogP contribution is -2.54. The first-order valence-electron chi connectivity index (χ1n) is 9.76. The van der Waals surface area contributed by atoms with E-state index in [4.69, 9.17) is 0 Å². The lowest BCUT2D eigenvalue weighted by Gasteiger charge is -2.36. The molecule has 2 aromatic rings. The summed E-state index contributed by atoms with van der Waals surface area (Å²) in [6.45, 7) is 0.273. The Morgan fingerprint density at radius 1 is 1.07 bits per heavy atom. The van der Waals surface area contributed by atoms with Gasteiger partial charge in [-0.15, -0.1) is 0 Å². The quantitative estimate of drug-likeness (QED) is 0.702. The highest BCUT2D eigenvalue weighted by Gasteiger charge is 2.37. The van der Waals surface area contributed by atoms with Gasteiger partial charge in [-0.05, 0) is 23.3 Å². The Balaban J connectivity index is 1.55. The van der Waals surface area contributed by atoms with E-state index in [1.165, 1.54) is 11.9 Å². The maximum atomic E-state index is 13.2. The van der Waals surface area contributed by atoms with Crippen molar-refractivity contribution in [2.24, 2.45) is 0 Å². The van der Waals surface area contributed by atoms with Gasteiger partial charge < -0.3 is 20.9 Å². The van der Waals surface area contributed by atoms with E-state index < -0.39 is 23.9 Å². The van der Waals surface area contributed by atoms with Crippen LogP contribution < -0.4 is 16.0 Å². The molecule has 0 aliphatic carbocycles. The molecule has 2 atom stereocenters. The molecule has 0 fully saturated rings. The first kappa shape index (κ1) is 19.6. The summed E-state index contributed by atoms with van der Waals surface area (Å²) in [7, 11) is 1.53. The number of rotatable bonds is 3. The highest BCUT2D eigenvalue weighted by Crippen LogP contribution is 2.25. The number of fused-ring (bicyclic) bond motifs is 2. The van der Waals surface area contributed by atoms with Crippen LogP contribution in [0.1, 0.15) is 27.9 Å². The maximum absolute atomic E-state index is 13.2. The molecule has 0 radical (unpaired) electrons. The van der Waals surface area contributed by atoms with Crippen LogP contribution in [0.5, 0.6) is 0 Å². The zero-order chi connectivity index (χ0) is 21.3. The Labute approximate surface area is 173 Å². The van der Waals surface area contributed by atoms with Crippen molar-refractivity contribution in [3.05, 3.63) is 65.2 Å². The molecule has 0 bridgehead atoms. The fourth-order valence-electron chi connectivity index (χ4n) is 3.93. The number of carbonyl (C=O) groups is 4. The summed E-state index contributed by atoms with van der Waals surface area (Å²) in [6.07, 6.45) is 0.164. The Kier molecular flexibility index (Phi) is 5.22. The molecular weight excluding hydrogens is 384 g/mol. The van der Waals surface area contributed by atoms with Gasteiger partial charge in [-0.2, -0.15) is 0 Å². The third-order valence-electron chi connectivity index (χ3n) is 5.55. The standard InChI is InChI=1S/C22H22N4O4/c1-23-22(30)18-10-13-6-2-3-7-14(13)12-26(18)19(27)11-17-21(29)24-16-9-5-4-8-15(16)20(28)25-17/h2-9,17-18H,10-12H2,1H3,(H,23,30)(H,24,29)(H,25,28)/t17-,18-/m1/s1. The number of hydrogen-bond acceptors (Lipinski definition) is 4. The summed E-state index contributed by atoms with van der Waals surface area (Å²) in [5, 5.41) is 7.94. The van der Waals surface area contributed by atoms with Crippen molar-refractivity contribution >= 4 is 29.3 Å². The molecule has 0 saturated heterocycles. The molecule has 2 heterocycles. The van der Waals surface area contributed by atoms with E-state index in [-0.39, 0.29) is 24.8 Å². The van der Waals surface area contributed by atoms with Crippen molar-refractivity contribution in [1.82, 2.24) is 15.5 Å². The van der Waals surface area contributed by atoms with Crippen LogP contribution in [0, 0.1) is 0 Å². The van der Waals surface area contributed by atoms with Crippen LogP contribution in [-0.2, 0) is 27.3 Å². The Morgan fingerprint density at radius 2 is 1.77 bits per heavy atom. The smallest absolute Gasteiger partial charge is 0.254 e. The van der Waals surface area contributed by atoms with E-state index in [1.54, 1.807) is 24.3 Å².